The third-order valence-corrected chi connectivity index (χ3v) is 6.84. The first-order chi connectivity index (χ1) is 15.8. The lowest BCUT2D eigenvalue weighted by atomic mass is 10.0. The Morgan fingerprint density at radius 1 is 0.939 bits per heavy atom. The minimum absolute atomic E-state index is 0.228. The van der Waals surface area contributed by atoms with Crippen LogP contribution in [-0.2, 0) is 10.0 Å². The summed E-state index contributed by atoms with van der Waals surface area (Å²) in [5.74, 6) is 1.37. The number of nitrogens with zero attached hydrogens (tertiary/aromatic N) is 2. The first-order valence-electron chi connectivity index (χ1n) is 11.0. The van der Waals surface area contributed by atoms with Gasteiger partial charge in [0, 0.05) is 17.5 Å². The van der Waals surface area contributed by atoms with Gasteiger partial charge in [0.15, 0.2) is 0 Å². The van der Waals surface area contributed by atoms with Gasteiger partial charge in [0.25, 0.3) is 10.0 Å². The number of aryl methyl sites for hydroxylation is 1. The van der Waals surface area contributed by atoms with Crippen LogP contribution in [-0.4, -0.2) is 24.9 Å². The van der Waals surface area contributed by atoms with Crippen molar-refractivity contribution < 1.29 is 8.42 Å². The highest BCUT2D eigenvalue weighted by Crippen LogP contribution is 2.33. The molecule has 6 nitrogen and oxygen atoms in total. The fraction of sp³-hybridized carbons (Fsp3) is 0.231. The number of hydrogen-bond donors (Lipinski definition) is 2. The van der Waals surface area contributed by atoms with E-state index in [1.54, 1.807) is 36.7 Å². The van der Waals surface area contributed by atoms with Crippen molar-refractivity contribution >= 4 is 32.4 Å². The van der Waals surface area contributed by atoms with Crippen LogP contribution in [0.3, 0.4) is 0 Å². The summed E-state index contributed by atoms with van der Waals surface area (Å²) in [6.07, 6.45) is 2.60. The summed E-state index contributed by atoms with van der Waals surface area (Å²) in [7, 11) is -3.72. The van der Waals surface area contributed by atoms with Crippen molar-refractivity contribution in [1.82, 2.24) is 9.97 Å². The monoisotopic (exact) mass is 460 g/mol. The molecular formula is C26H28N4O2S. The molecule has 7 heteroatoms. The number of rotatable bonds is 8. The van der Waals surface area contributed by atoms with E-state index in [2.05, 4.69) is 33.9 Å². The van der Waals surface area contributed by atoms with Crippen molar-refractivity contribution in [2.75, 3.05) is 16.6 Å². The van der Waals surface area contributed by atoms with E-state index in [0.717, 1.165) is 46.4 Å². The Hall–Kier alpha value is -3.45. The van der Waals surface area contributed by atoms with Crippen LogP contribution in [0.4, 0.5) is 11.5 Å². The molecule has 4 aromatic rings. The van der Waals surface area contributed by atoms with Crippen molar-refractivity contribution in [3.8, 4) is 11.1 Å². The third kappa shape index (κ3) is 5.31. The van der Waals surface area contributed by atoms with Crippen LogP contribution in [0, 0.1) is 12.8 Å². The molecule has 0 atom stereocenters. The predicted octanol–water partition coefficient (Wildman–Crippen LogP) is 5.86. The molecule has 0 unspecified atom stereocenters. The van der Waals surface area contributed by atoms with Crippen molar-refractivity contribution in [3.63, 3.8) is 0 Å². The van der Waals surface area contributed by atoms with Crippen LogP contribution in [0.25, 0.3) is 22.0 Å². The van der Waals surface area contributed by atoms with Gasteiger partial charge in [0.2, 0.25) is 0 Å². The Labute approximate surface area is 195 Å². The van der Waals surface area contributed by atoms with Gasteiger partial charge in [-0.1, -0.05) is 55.8 Å². The van der Waals surface area contributed by atoms with Gasteiger partial charge in [-0.2, -0.15) is 0 Å². The maximum Gasteiger partial charge on any atom is 0.261 e. The molecule has 0 saturated heterocycles. The summed E-state index contributed by atoms with van der Waals surface area (Å²) in [5, 5.41) is 4.31. The van der Waals surface area contributed by atoms with E-state index < -0.39 is 10.0 Å². The molecule has 0 aliphatic rings. The average molecular weight is 461 g/mol. The first kappa shape index (κ1) is 22.7. The van der Waals surface area contributed by atoms with E-state index in [1.807, 2.05) is 43.3 Å². The zero-order chi connectivity index (χ0) is 23.4. The zero-order valence-corrected chi connectivity index (χ0v) is 19.9. The lowest BCUT2D eigenvalue weighted by molar-refractivity contribution is 0.601. The maximum absolute atomic E-state index is 13.0. The number of aromatic nitrogens is 2. The Morgan fingerprint density at radius 2 is 1.70 bits per heavy atom. The fourth-order valence-electron chi connectivity index (χ4n) is 3.59. The van der Waals surface area contributed by atoms with Crippen LogP contribution < -0.4 is 10.0 Å². The second kappa shape index (κ2) is 9.58. The van der Waals surface area contributed by atoms with Gasteiger partial charge in [0.05, 0.1) is 16.1 Å². The molecule has 4 rings (SSSR count). The molecule has 2 N–H and O–H groups in total. The Morgan fingerprint density at radius 3 is 2.45 bits per heavy atom. The van der Waals surface area contributed by atoms with Crippen LogP contribution in [0.2, 0.25) is 0 Å². The first-order valence-corrected chi connectivity index (χ1v) is 12.5. The van der Waals surface area contributed by atoms with Gasteiger partial charge < -0.3 is 5.32 Å². The van der Waals surface area contributed by atoms with E-state index in [-0.39, 0.29) is 4.90 Å². The second-order valence-corrected chi connectivity index (χ2v) is 10.2. The van der Waals surface area contributed by atoms with E-state index in [4.69, 9.17) is 0 Å². The van der Waals surface area contributed by atoms with Gasteiger partial charge in [-0.15, -0.1) is 0 Å². The standard InChI is InChI=1S/C26H28N4O2S/c1-18(2)14-15-27-26-23-16-20(10-13-24(23)28-17-29-26)22-6-4-5-7-25(22)30-33(31,32)21-11-8-19(3)9-12-21/h4-13,16-18,30H,14-15H2,1-3H3,(H,27,28,29). The largest absolute Gasteiger partial charge is 0.369 e. The topological polar surface area (TPSA) is 84.0 Å². The highest BCUT2D eigenvalue weighted by Gasteiger charge is 2.17. The highest BCUT2D eigenvalue weighted by molar-refractivity contribution is 7.92. The number of sulfonamides is 1. The second-order valence-electron chi connectivity index (χ2n) is 8.53. The van der Waals surface area contributed by atoms with Crippen molar-refractivity contribution in [3.05, 3.63) is 78.6 Å². The smallest absolute Gasteiger partial charge is 0.261 e. The third-order valence-electron chi connectivity index (χ3n) is 5.46. The van der Waals surface area contributed by atoms with Crippen LogP contribution >= 0.6 is 0 Å². The fourth-order valence-corrected chi connectivity index (χ4v) is 4.67. The zero-order valence-electron chi connectivity index (χ0n) is 19.0. The number of para-hydroxylation sites is 1. The quantitative estimate of drug-likeness (QED) is 0.344. The molecule has 0 radical (unpaired) electrons. The van der Waals surface area contributed by atoms with Crippen LogP contribution in [0.1, 0.15) is 25.8 Å². The molecule has 0 amide bonds. The molecule has 0 aliphatic heterocycles. The lowest BCUT2D eigenvalue weighted by Crippen LogP contribution is -2.13. The molecular weight excluding hydrogens is 432 g/mol. The van der Waals surface area contributed by atoms with E-state index >= 15 is 0 Å². The number of hydrogen-bond acceptors (Lipinski definition) is 5. The normalized spacial score (nSPS) is 11.6. The number of benzene rings is 3. The Bertz CT molecular complexity index is 1370. The van der Waals surface area contributed by atoms with Gasteiger partial charge in [-0.3, -0.25) is 4.72 Å². The van der Waals surface area contributed by atoms with Crippen LogP contribution in [0.5, 0.6) is 0 Å². The minimum Gasteiger partial charge on any atom is -0.369 e. The van der Waals surface area contributed by atoms with E-state index in [1.165, 1.54) is 0 Å². The Balaban J connectivity index is 1.70. The summed E-state index contributed by atoms with van der Waals surface area (Å²) >= 11 is 0. The summed E-state index contributed by atoms with van der Waals surface area (Å²) < 4.78 is 28.7. The van der Waals surface area contributed by atoms with Crippen molar-refractivity contribution in [1.29, 1.82) is 0 Å². The summed E-state index contributed by atoms with van der Waals surface area (Å²) in [5.41, 5.74) is 4.02. The van der Waals surface area contributed by atoms with Crippen molar-refractivity contribution in [2.24, 2.45) is 5.92 Å². The van der Waals surface area contributed by atoms with Gasteiger partial charge in [-0.05, 0) is 55.2 Å². The number of anilines is 2. The summed E-state index contributed by atoms with van der Waals surface area (Å²) in [4.78, 5) is 9.05. The maximum atomic E-state index is 13.0. The summed E-state index contributed by atoms with van der Waals surface area (Å²) in [6, 6.07) is 20.1. The minimum atomic E-state index is -3.72. The van der Waals surface area contributed by atoms with Crippen molar-refractivity contribution in [2.45, 2.75) is 32.1 Å². The SMILES string of the molecule is Cc1ccc(S(=O)(=O)Nc2ccccc2-c2ccc3ncnc(NCCC(C)C)c3c2)cc1. The molecule has 0 saturated carbocycles. The molecule has 0 spiro atoms. The van der Waals surface area contributed by atoms with Gasteiger partial charge in [-0.25, -0.2) is 18.4 Å². The highest BCUT2D eigenvalue weighted by atomic mass is 32.2. The van der Waals surface area contributed by atoms with E-state index in [0.29, 0.717) is 11.6 Å². The molecule has 1 aromatic heterocycles. The molecule has 1 heterocycles. The average Bonchev–Trinajstić information content (AvgIpc) is 2.79. The lowest BCUT2D eigenvalue weighted by Gasteiger charge is -2.14. The summed E-state index contributed by atoms with van der Waals surface area (Å²) in [6.45, 7) is 7.12. The Kier molecular flexibility index (Phi) is 6.60. The molecule has 3 aromatic carbocycles. The molecule has 33 heavy (non-hydrogen) atoms. The number of fused-ring (bicyclic) bond motifs is 1. The molecule has 0 bridgehead atoms. The predicted molar refractivity (Wildman–Crippen MR) is 135 cm³/mol. The van der Waals surface area contributed by atoms with Gasteiger partial charge >= 0.3 is 0 Å². The number of nitrogens with one attached hydrogen (secondary N) is 2. The van der Waals surface area contributed by atoms with E-state index in [9.17, 15) is 8.42 Å². The van der Waals surface area contributed by atoms with Gasteiger partial charge in [0.1, 0.15) is 12.1 Å². The van der Waals surface area contributed by atoms with Crippen LogP contribution in [0.15, 0.2) is 78.0 Å². The molecule has 0 aliphatic carbocycles. The molecule has 170 valence electrons. The molecule has 0 fully saturated rings.